The Kier molecular flexibility index (Phi) is 5.72. The van der Waals surface area contributed by atoms with E-state index in [1.54, 1.807) is 0 Å². The number of rotatable bonds is 4. The van der Waals surface area contributed by atoms with E-state index >= 15 is 0 Å². The summed E-state index contributed by atoms with van der Waals surface area (Å²) in [5.41, 5.74) is 0. The molecule has 0 aromatic carbocycles. The Morgan fingerprint density at radius 2 is 1.93 bits per heavy atom. The van der Waals surface area contributed by atoms with Crippen LogP contribution in [0.4, 0.5) is 0 Å². The van der Waals surface area contributed by atoms with E-state index in [0.717, 1.165) is 6.42 Å². The van der Waals surface area contributed by atoms with Gasteiger partial charge in [0, 0.05) is 22.0 Å². The molecule has 1 nitrogen and oxygen atoms in total. The van der Waals surface area contributed by atoms with Crippen LogP contribution < -0.4 is 0 Å². The first-order valence-corrected chi connectivity index (χ1v) is 7.71. The molecule has 4 unspecified atom stereocenters. The lowest BCUT2D eigenvalue weighted by atomic mass is 9.96. The molecule has 1 aliphatic rings. The molecule has 1 fully saturated rings. The van der Waals surface area contributed by atoms with E-state index in [-0.39, 0.29) is 6.10 Å². The zero-order valence-electron chi connectivity index (χ0n) is 9.40. The molecule has 3 heteroatoms. The van der Waals surface area contributed by atoms with Crippen molar-refractivity contribution >= 4 is 23.5 Å². The molecule has 0 aromatic rings. The molecule has 84 valence electrons. The predicted molar refractivity (Wildman–Crippen MR) is 68.2 cm³/mol. The van der Waals surface area contributed by atoms with Crippen LogP contribution in [0.3, 0.4) is 0 Å². The van der Waals surface area contributed by atoms with Crippen LogP contribution in [0, 0.1) is 5.92 Å². The Balaban J connectivity index is 2.53. The third kappa shape index (κ3) is 3.07. The van der Waals surface area contributed by atoms with Crippen LogP contribution in [0.2, 0.25) is 0 Å². The molecule has 0 amide bonds. The summed E-state index contributed by atoms with van der Waals surface area (Å²) in [5.74, 6) is 2.91. The number of hydrogen-bond acceptors (Lipinski definition) is 3. The lowest BCUT2D eigenvalue weighted by Gasteiger charge is -2.35. The minimum atomic E-state index is -0.109. The van der Waals surface area contributed by atoms with Gasteiger partial charge in [0.2, 0.25) is 0 Å². The highest BCUT2D eigenvalue weighted by Crippen LogP contribution is 2.37. The largest absolute Gasteiger partial charge is 0.392 e. The molecular formula is C11H22OS2. The predicted octanol–water partition coefficient (Wildman–Crippen LogP) is 3.02. The Morgan fingerprint density at radius 3 is 2.50 bits per heavy atom. The van der Waals surface area contributed by atoms with Crippen molar-refractivity contribution in [2.24, 2.45) is 5.92 Å². The first kappa shape index (κ1) is 12.7. The molecule has 1 rings (SSSR count). The molecule has 1 aliphatic heterocycles. The van der Waals surface area contributed by atoms with Gasteiger partial charge in [-0.25, -0.2) is 0 Å². The van der Waals surface area contributed by atoms with Gasteiger partial charge in [-0.3, -0.25) is 0 Å². The van der Waals surface area contributed by atoms with Gasteiger partial charge >= 0.3 is 0 Å². The molecule has 14 heavy (non-hydrogen) atoms. The van der Waals surface area contributed by atoms with E-state index in [2.05, 4.69) is 20.8 Å². The number of aliphatic hydroxyl groups is 1. The maximum atomic E-state index is 10.2. The molecular weight excluding hydrogens is 212 g/mol. The zero-order chi connectivity index (χ0) is 10.6. The summed E-state index contributed by atoms with van der Waals surface area (Å²) in [4.78, 5) is 0. The van der Waals surface area contributed by atoms with Crippen LogP contribution in [0.25, 0.3) is 0 Å². The van der Waals surface area contributed by atoms with Crippen LogP contribution in [0.15, 0.2) is 0 Å². The summed E-state index contributed by atoms with van der Waals surface area (Å²) in [6.45, 7) is 6.56. The summed E-state index contributed by atoms with van der Waals surface area (Å²) in [6.07, 6.45) is 2.16. The van der Waals surface area contributed by atoms with Gasteiger partial charge in [0.05, 0.1) is 6.10 Å². The van der Waals surface area contributed by atoms with Gasteiger partial charge in [0.25, 0.3) is 0 Å². The second-order valence-corrected chi connectivity index (χ2v) is 6.66. The van der Waals surface area contributed by atoms with E-state index in [1.165, 1.54) is 17.9 Å². The van der Waals surface area contributed by atoms with Crippen molar-refractivity contribution in [2.45, 2.75) is 50.2 Å². The fourth-order valence-corrected chi connectivity index (χ4v) is 5.09. The zero-order valence-corrected chi connectivity index (χ0v) is 11.0. The van der Waals surface area contributed by atoms with Crippen molar-refractivity contribution < 1.29 is 5.11 Å². The maximum absolute atomic E-state index is 10.2. The van der Waals surface area contributed by atoms with Crippen LogP contribution >= 0.6 is 23.5 Å². The van der Waals surface area contributed by atoms with Gasteiger partial charge in [-0.1, -0.05) is 27.2 Å². The SMILES string of the molecule is CCC(C)C(O)C1SCCSC1CC. The van der Waals surface area contributed by atoms with Gasteiger partial charge in [0.15, 0.2) is 0 Å². The monoisotopic (exact) mass is 234 g/mol. The van der Waals surface area contributed by atoms with Crippen LogP contribution in [0.1, 0.15) is 33.6 Å². The van der Waals surface area contributed by atoms with Crippen LogP contribution in [-0.2, 0) is 0 Å². The Morgan fingerprint density at radius 1 is 1.29 bits per heavy atom. The molecule has 1 N–H and O–H groups in total. The topological polar surface area (TPSA) is 20.2 Å². The highest BCUT2D eigenvalue weighted by Gasteiger charge is 2.33. The van der Waals surface area contributed by atoms with Gasteiger partial charge in [0.1, 0.15) is 0 Å². The third-order valence-electron chi connectivity index (χ3n) is 3.06. The first-order chi connectivity index (χ1) is 6.70. The first-order valence-electron chi connectivity index (χ1n) is 5.62. The van der Waals surface area contributed by atoms with Gasteiger partial charge in [-0.15, -0.1) is 0 Å². The fourth-order valence-electron chi connectivity index (χ4n) is 1.82. The third-order valence-corrected chi connectivity index (χ3v) is 6.42. The highest BCUT2D eigenvalue weighted by molar-refractivity contribution is 8.07. The fraction of sp³-hybridized carbons (Fsp3) is 1.00. The molecule has 0 bridgehead atoms. The van der Waals surface area contributed by atoms with Crippen molar-refractivity contribution in [1.82, 2.24) is 0 Å². The Hall–Kier alpha value is 0.660. The van der Waals surface area contributed by atoms with Gasteiger partial charge in [-0.2, -0.15) is 23.5 Å². The van der Waals surface area contributed by atoms with E-state index < -0.39 is 0 Å². The van der Waals surface area contributed by atoms with Crippen LogP contribution in [-0.4, -0.2) is 33.2 Å². The van der Waals surface area contributed by atoms with Gasteiger partial charge in [-0.05, 0) is 12.3 Å². The minimum Gasteiger partial charge on any atom is -0.392 e. The number of thioether (sulfide) groups is 2. The highest BCUT2D eigenvalue weighted by atomic mass is 32.2. The average Bonchev–Trinajstić information content (AvgIpc) is 2.26. The molecule has 0 aliphatic carbocycles. The van der Waals surface area contributed by atoms with Crippen molar-refractivity contribution in [3.63, 3.8) is 0 Å². The van der Waals surface area contributed by atoms with Gasteiger partial charge < -0.3 is 5.11 Å². The van der Waals surface area contributed by atoms with E-state index in [4.69, 9.17) is 0 Å². The number of hydrogen-bond donors (Lipinski definition) is 1. The molecule has 4 atom stereocenters. The van der Waals surface area contributed by atoms with E-state index in [9.17, 15) is 5.11 Å². The molecule has 1 saturated heterocycles. The number of aliphatic hydroxyl groups excluding tert-OH is 1. The minimum absolute atomic E-state index is 0.109. The Bertz CT molecular complexity index is 163. The van der Waals surface area contributed by atoms with E-state index in [1.807, 2.05) is 23.5 Å². The summed E-state index contributed by atoms with van der Waals surface area (Å²) < 4.78 is 0. The molecule has 0 aromatic heterocycles. The molecule has 0 saturated carbocycles. The summed E-state index contributed by atoms with van der Waals surface area (Å²) >= 11 is 4.02. The van der Waals surface area contributed by atoms with E-state index in [0.29, 0.717) is 16.4 Å². The molecule has 0 radical (unpaired) electrons. The smallest absolute Gasteiger partial charge is 0.0694 e. The second-order valence-electron chi connectivity index (χ2n) is 4.03. The maximum Gasteiger partial charge on any atom is 0.0694 e. The van der Waals surface area contributed by atoms with Crippen molar-refractivity contribution in [3.8, 4) is 0 Å². The lowest BCUT2D eigenvalue weighted by molar-refractivity contribution is 0.110. The normalized spacial score (nSPS) is 32.6. The molecule has 0 spiro atoms. The molecule has 1 heterocycles. The second kappa shape index (κ2) is 6.29. The van der Waals surface area contributed by atoms with Crippen LogP contribution in [0.5, 0.6) is 0 Å². The van der Waals surface area contributed by atoms with Crippen molar-refractivity contribution in [1.29, 1.82) is 0 Å². The summed E-state index contributed by atoms with van der Waals surface area (Å²) in [6, 6.07) is 0. The van der Waals surface area contributed by atoms with Crippen molar-refractivity contribution in [3.05, 3.63) is 0 Å². The Labute approximate surface area is 96.4 Å². The van der Waals surface area contributed by atoms with Crippen molar-refractivity contribution in [2.75, 3.05) is 11.5 Å². The summed E-state index contributed by atoms with van der Waals surface area (Å²) in [5, 5.41) is 11.3. The average molecular weight is 234 g/mol. The standard InChI is InChI=1S/C11H22OS2/c1-4-8(3)10(12)11-9(5-2)13-6-7-14-11/h8-12H,4-7H2,1-3H3. The quantitative estimate of drug-likeness (QED) is 0.807. The summed E-state index contributed by atoms with van der Waals surface area (Å²) in [7, 11) is 0. The lowest BCUT2D eigenvalue weighted by Crippen LogP contribution is -2.39.